The molecule has 4 unspecified atom stereocenters. The van der Waals surface area contributed by atoms with Crippen molar-refractivity contribution in [3.63, 3.8) is 0 Å². The van der Waals surface area contributed by atoms with Gasteiger partial charge in [0.2, 0.25) is 5.91 Å². The lowest BCUT2D eigenvalue weighted by Crippen LogP contribution is -2.48. The first kappa shape index (κ1) is 26.6. The average molecular weight is 567 g/mol. The van der Waals surface area contributed by atoms with Gasteiger partial charge in [-0.1, -0.05) is 6.08 Å². The van der Waals surface area contributed by atoms with Crippen LogP contribution in [-0.4, -0.2) is 44.0 Å². The molecular weight excluding hydrogens is 544 g/mol. The van der Waals surface area contributed by atoms with Crippen LogP contribution in [0.1, 0.15) is 46.4 Å². The third-order valence-corrected chi connectivity index (χ3v) is 7.22. The normalized spacial score (nSPS) is 20.9. The van der Waals surface area contributed by atoms with E-state index in [4.69, 9.17) is 0 Å². The van der Waals surface area contributed by atoms with Crippen LogP contribution < -0.4 is 15.5 Å². The molecule has 6 rings (SSSR count). The van der Waals surface area contributed by atoms with Crippen LogP contribution in [0.2, 0.25) is 0 Å². The number of hydrogen-bond donors (Lipinski definition) is 4. The topological polar surface area (TPSA) is 123 Å². The van der Waals surface area contributed by atoms with Crippen LogP contribution in [0.3, 0.4) is 0 Å². The number of pyridine rings is 1. The van der Waals surface area contributed by atoms with Crippen LogP contribution in [-0.2, 0) is 11.2 Å². The summed E-state index contributed by atoms with van der Waals surface area (Å²) in [6.07, 6.45) is 4.38. The number of aliphatic hydroxyl groups is 1. The Bertz CT molecular complexity index is 1700. The standard InChI is InChI=1S/C28H22F4N6O3/c1-12(7-16-23(31)17(29)10-18(30)24(16)32)35-19-4-6-34-26(39)22(19)25-36-20-8-14-15(9-21(20)37-25)28(41)38(27(14)40)13-3-2-5-33-11-13/h2-6,8-12,19,22,27,35,40H,7H2,1H3,(H,34,39)(H,36,37). The van der Waals surface area contributed by atoms with Crippen molar-refractivity contribution in [3.05, 3.63) is 101 Å². The van der Waals surface area contributed by atoms with Crippen LogP contribution in [0.5, 0.6) is 0 Å². The fourth-order valence-electron chi connectivity index (χ4n) is 5.31. The SMILES string of the molecule is CC(Cc1c(F)c(F)cc(F)c1F)NC1C=CNC(=O)C1c1nc2cc3c(cc2[nH]1)C(O)N(c1cccnc1)C3=O. The number of carbonyl (C=O) groups is 2. The number of nitrogens with zero attached hydrogens (tertiary/aromatic N) is 3. The van der Waals surface area contributed by atoms with Crippen LogP contribution in [0.25, 0.3) is 11.0 Å². The molecule has 2 aliphatic rings. The number of carbonyl (C=O) groups excluding carboxylic acids is 2. The maximum absolute atomic E-state index is 14.2. The van der Waals surface area contributed by atoms with Crippen LogP contribution >= 0.6 is 0 Å². The highest BCUT2D eigenvalue weighted by atomic mass is 19.2. The Morgan fingerprint density at radius 1 is 1.12 bits per heavy atom. The summed E-state index contributed by atoms with van der Waals surface area (Å²) >= 11 is 0. The number of halogens is 4. The van der Waals surface area contributed by atoms with E-state index < -0.39 is 71.3 Å². The Hall–Kier alpha value is -4.62. The molecule has 9 nitrogen and oxygen atoms in total. The number of aliphatic hydroxyl groups excluding tert-OH is 1. The Kier molecular flexibility index (Phi) is 6.54. The first-order valence-corrected chi connectivity index (χ1v) is 12.6. The van der Waals surface area contributed by atoms with Gasteiger partial charge in [0, 0.05) is 41.7 Å². The number of aromatic nitrogens is 3. The molecule has 4 N–H and O–H groups in total. The average Bonchev–Trinajstić information content (AvgIpc) is 3.46. The van der Waals surface area contributed by atoms with Crippen molar-refractivity contribution < 1.29 is 32.3 Å². The minimum Gasteiger partial charge on any atom is -0.369 e. The number of aromatic amines is 1. The second-order valence-electron chi connectivity index (χ2n) is 9.93. The summed E-state index contributed by atoms with van der Waals surface area (Å²) in [7, 11) is 0. The summed E-state index contributed by atoms with van der Waals surface area (Å²) in [5, 5.41) is 16.6. The lowest BCUT2D eigenvalue weighted by Gasteiger charge is -2.29. The zero-order chi connectivity index (χ0) is 29.0. The molecule has 4 atom stereocenters. The van der Waals surface area contributed by atoms with E-state index in [1.54, 1.807) is 37.4 Å². The summed E-state index contributed by atoms with van der Waals surface area (Å²) in [4.78, 5) is 38.9. The number of anilines is 1. The fourth-order valence-corrected chi connectivity index (χ4v) is 5.31. The van der Waals surface area contributed by atoms with E-state index in [2.05, 4.69) is 25.6 Å². The number of nitrogens with one attached hydrogen (secondary N) is 3. The Labute approximate surface area is 229 Å². The van der Waals surface area contributed by atoms with E-state index in [-0.39, 0.29) is 17.5 Å². The van der Waals surface area contributed by atoms with Gasteiger partial charge in [0.1, 0.15) is 11.7 Å². The van der Waals surface area contributed by atoms with Crippen LogP contribution in [0, 0.1) is 23.3 Å². The third-order valence-electron chi connectivity index (χ3n) is 7.22. The molecule has 41 heavy (non-hydrogen) atoms. The maximum atomic E-state index is 14.2. The molecule has 0 saturated heterocycles. The Morgan fingerprint density at radius 3 is 2.59 bits per heavy atom. The van der Waals surface area contributed by atoms with Gasteiger partial charge in [-0.25, -0.2) is 22.5 Å². The highest BCUT2D eigenvalue weighted by molar-refractivity contribution is 6.12. The van der Waals surface area contributed by atoms with E-state index >= 15 is 0 Å². The molecule has 13 heteroatoms. The molecule has 210 valence electrons. The van der Waals surface area contributed by atoms with E-state index in [0.717, 1.165) is 0 Å². The van der Waals surface area contributed by atoms with Gasteiger partial charge in [-0.15, -0.1) is 0 Å². The predicted molar refractivity (Wildman–Crippen MR) is 138 cm³/mol. The lowest BCUT2D eigenvalue weighted by molar-refractivity contribution is -0.122. The Morgan fingerprint density at radius 2 is 1.88 bits per heavy atom. The quantitative estimate of drug-likeness (QED) is 0.209. The van der Waals surface area contributed by atoms with E-state index in [1.807, 2.05) is 0 Å². The number of amides is 2. The first-order valence-electron chi connectivity index (χ1n) is 12.6. The van der Waals surface area contributed by atoms with Gasteiger partial charge < -0.3 is 20.7 Å². The molecule has 0 saturated carbocycles. The smallest absolute Gasteiger partial charge is 0.261 e. The summed E-state index contributed by atoms with van der Waals surface area (Å²) in [5.41, 5.74) is 1.12. The second-order valence-corrected chi connectivity index (χ2v) is 9.93. The zero-order valence-electron chi connectivity index (χ0n) is 21.3. The molecule has 4 aromatic rings. The number of H-pyrrole nitrogens is 1. The van der Waals surface area contributed by atoms with Crippen molar-refractivity contribution in [1.82, 2.24) is 25.6 Å². The van der Waals surface area contributed by atoms with Crippen molar-refractivity contribution in [1.29, 1.82) is 0 Å². The molecule has 0 spiro atoms. The van der Waals surface area contributed by atoms with Gasteiger partial charge in [0.25, 0.3) is 5.91 Å². The highest BCUT2D eigenvalue weighted by Crippen LogP contribution is 2.38. The van der Waals surface area contributed by atoms with Crippen molar-refractivity contribution in [2.45, 2.75) is 37.6 Å². The lowest BCUT2D eigenvalue weighted by atomic mass is 9.93. The van der Waals surface area contributed by atoms with Crippen LogP contribution in [0.4, 0.5) is 23.2 Å². The van der Waals surface area contributed by atoms with Gasteiger partial charge in [-0.05, 0) is 37.6 Å². The molecule has 2 aromatic heterocycles. The van der Waals surface area contributed by atoms with Gasteiger partial charge in [-0.2, -0.15) is 0 Å². The van der Waals surface area contributed by atoms with Crippen molar-refractivity contribution in [2.75, 3.05) is 4.90 Å². The molecular formula is C28H22F4N6O3. The van der Waals surface area contributed by atoms with Crippen LogP contribution in [0.15, 0.2) is 55.0 Å². The minimum absolute atomic E-state index is 0.150. The molecule has 2 aliphatic heterocycles. The maximum Gasteiger partial charge on any atom is 0.261 e. The monoisotopic (exact) mass is 566 g/mol. The molecule has 2 aromatic carbocycles. The van der Waals surface area contributed by atoms with Crippen molar-refractivity contribution >= 4 is 28.5 Å². The van der Waals surface area contributed by atoms with Gasteiger partial charge in [-0.3, -0.25) is 19.5 Å². The summed E-state index contributed by atoms with van der Waals surface area (Å²) in [5.74, 6) is -7.52. The largest absolute Gasteiger partial charge is 0.369 e. The third kappa shape index (κ3) is 4.52. The van der Waals surface area contributed by atoms with Crippen molar-refractivity contribution in [2.24, 2.45) is 0 Å². The zero-order valence-corrected chi connectivity index (χ0v) is 21.3. The number of hydrogen-bond acceptors (Lipinski definition) is 6. The Balaban J connectivity index is 1.28. The number of benzene rings is 2. The first-order chi connectivity index (χ1) is 19.6. The van der Waals surface area contributed by atoms with Gasteiger partial charge in [0.05, 0.1) is 28.5 Å². The second kappa shape index (κ2) is 10.1. The molecule has 0 fully saturated rings. The van der Waals surface area contributed by atoms with E-state index in [0.29, 0.717) is 22.3 Å². The predicted octanol–water partition coefficient (Wildman–Crippen LogP) is 3.48. The summed E-state index contributed by atoms with van der Waals surface area (Å²) in [6.45, 7) is 1.56. The molecule has 4 heterocycles. The van der Waals surface area contributed by atoms with E-state index in [1.165, 1.54) is 23.4 Å². The molecule has 0 radical (unpaired) electrons. The molecule has 2 amide bonds. The summed E-state index contributed by atoms with van der Waals surface area (Å²) < 4.78 is 55.8. The number of imidazole rings is 1. The molecule has 0 bridgehead atoms. The van der Waals surface area contributed by atoms with E-state index in [9.17, 15) is 32.3 Å². The van der Waals surface area contributed by atoms with Gasteiger partial charge in [0.15, 0.2) is 29.5 Å². The summed E-state index contributed by atoms with van der Waals surface area (Å²) in [6, 6.07) is 5.13. The number of fused-ring (bicyclic) bond motifs is 2. The van der Waals surface area contributed by atoms with Crippen molar-refractivity contribution in [3.8, 4) is 0 Å². The molecule has 0 aliphatic carbocycles. The minimum atomic E-state index is -1.50. The number of rotatable bonds is 6. The highest BCUT2D eigenvalue weighted by Gasteiger charge is 2.39. The van der Waals surface area contributed by atoms with Gasteiger partial charge >= 0.3 is 0 Å². The fraction of sp³-hybridized carbons (Fsp3) is 0.214.